The molecule has 0 saturated carbocycles. The molecule has 0 heteroatoms. The van der Waals surface area contributed by atoms with Gasteiger partial charge in [-0.15, -0.1) is 0 Å². The van der Waals surface area contributed by atoms with Crippen molar-refractivity contribution in [2.75, 3.05) is 0 Å². The van der Waals surface area contributed by atoms with Gasteiger partial charge in [0.25, 0.3) is 0 Å². The molecule has 0 heterocycles. The van der Waals surface area contributed by atoms with Crippen molar-refractivity contribution in [2.24, 2.45) is 5.92 Å². The topological polar surface area (TPSA) is 0 Å². The van der Waals surface area contributed by atoms with Gasteiger partial charge >= 0.3 is 0 Å². The Balaban J connectivity index is 3.36. The Labute approximate surface area is 83.0 Å². The Morgan fingerprint density at radius 3 is 1.92 bits per heavy atom. The van der Waals surface area contributed by atoms with Crippen molar-refractivity contribution in [3.63, 3.8) is 0 Å². The standard InChI is InChI=1S/C13H22/c1-4-5-6-7-8-9-10-11-12-13(2)3/h5-6,8-9,11-13H,4,7,10H2,1-3H3/b6-5-,9-8-,12-11-. The molecule has 0 aliphatic carbocycles. The largest absolute Gasteiger partial charge is 0.0885 e. The van der Waals surface area contributed by atoms with Crippen molar-refractivity contribution >= 4 is 0 Å². The van der Waals surface area contributed by atoms with Gasteiger partial charge in [0.15, 0.2) is 0 Å². The fraction of sp³-hybridized carbons (Fsp3) is 0.538. The molecule has 0 aromatic heterocycles. The first-order valence-corrected chi connectivity index (χ1v) is 5.24. The van der Waals surface area contributed by atoms with E-state index in [1.807, 2.05) is 0 Å². The van der Waals surface area contributed by atoms with Gasteiger partial charge in [0.2, 0.25) is 0 Å². The summed E-state index contributed by atoms with van der Waals surface area (Å²) in [5, 5.41) is 0. The summed E-state index contributed by atoms with van der Waals surface area (Å²) in [6, 6.07) is 0. The smallest absolute Gasteiger partial charge is 0.0169 e. The highest BCUT2D eigenvalue weighted by molar-refractivity contribution is 4.97. The normalized spacial score (nSPS) is 12.9. The third-order valence-corrected chi connectivity index (χ3v) is 1.63. The van der Waals surface area contributed by atoms with Crippen LogP contribution in [0.15, 0.2) is 36.5 Å². The summed E-state index contributed by atoms with van der Waals surface area (Å²) < 4.78 is 0. The van der Waals surface area contributed by atoms with E-state index >= 15 is 0 Å². The van der Waals surface area contributed by atoms with Crippen LogP contribution < -0.4 is 0 Å². The molecule has 0 unspecified atom stereocenters. The molecule has 0 nitrogen and oxygen atoms in total. The lowest BCUT2D eigenvalue weighted by Crippen LogP contribution is -1.75. The van der Waals surface area contributed by atoms with Gasteiger partial charge in [-0.05, 0) is 25.2 Å². The lowest BCUT2D eigenvalue weighted by atomic mass is 10.2. The van der Waals surface area contributed by atoms with E-state index < -0.39 is 0 Å². The Morgan fingerprint density at radius 2 is 1.38 bits per heavy atom. The van der Waals surface area contributed by atoms with Gasteiger partial charge in [-0.3, -0.25) is 0 Å². The Kier molecular flexibility index (Phi) is 8.75. The van der Waals surface area contributed by atoms with E-state index in [1.54, 1.807) is 0 Å². The predicted octanol–water partition coefficient (Wildman–Crippen LogP) is 4.50. The summed E-state index contributed by atoms with van der Waals surface area (Å²) in [6.07, 6.45) is 16.6. The molecule has 0 rings (SSSR count). The molecule has 0 amide bonds. The van der Waals surface area contributed by atoms with Crippen LogP contribution in [0.1, 0.15) is 40.0 Å². The molecule has 0 aromatic rings. The van der Waals surface area contributed by atoms with E-state index in [-0.39, 0.29) is 0 Å². The molecular weight excluding hydrogens is 156 g/mol. The van der Waals surface area contributed by atoms with Crippen molar-refractivity contribution in [1.82, 2.24) is 0 Å². The van der Waals surface area contributed by atoms with E-state index in [2.05, 4.69) is 57.2 Å². The minimum atomic E-state index is 0.674. The monoisotopic (exact) mass is 178 g/mol. The van der Waals surface area contributed by atoms with Crippen molar-refractivity contribution in [2.45, 2.75) is 40.0 Å². The second kappa shape index (κ2) is 9.31. The van der Waals surface area contributed by atoms with Crippen LogP contribution in [0.3, 0.4) is 0 Å². The van der Waals surface area contributed by atoms with Crippen LogP contribution in [-0.4, -0.2) is 0 Å². The first-order chi connectivity index (χ1) is 6.27. The molecule has 0 bridgehead atoms. The van der Waals surface area contributed by atoms with Gasteiger partial charge in [0.1, 0.15) is 0 Å². The first kappa shape index (κ1) is 12.2. The van der Waals surface area contributed by atoms with Crippen LogP contribution in [-0.2, 0) is 0 Å². The van der Waals surface area contributed by atoms with Crippen LogP contribution in [0.25, 0.3) is 0 Å². The van der Waals surface area contributed by atoms with E-state index in [1.165, 1.54) is 0 Å². The molecule has 13 heavy (non-hydrogen) atoms. The zero-order valence-electron chi connectivity index (χ0n) is 9.16. The summed E-state index contributed by atoms with van der Waals surface area (Å²) in [5.41, 5.74) is 0. The molecule has 0 aliphatic heterocycles. The zero-order chi connectivity index (χ0) is 9.94. The highest BCUT2D eigenvalue weighted by Crippen LogP contribution is 1.97. The average molecular weight is 178 g/mol. The Morgan fingerprint density at radius 1 is 0.846 bits per heavy atom. The summed E-state index contributed by atoms with van der Waals surface area (Å²) in [6.45, 7) is 6.56. The van der Waals surface area contributed by atoms with Crippen LogP contribution in [0, 0.1) is 5.92 Å². The quantitative estimate of drug-likeness (QED) is 0.525. The number of allylic oxidation sites excluding steroid dienone is 6. The third kappa shape index (κ3) is 11.2. The molecule has 0 N–H and O–H groups in total. The van der Waals surface area contributed by atoms with Crippen LogP contribution >= 0.6 is 0 Å². The minimum Gasteiger partial charge on any atom is -0.0885 e. The van der Waals surface area contributed by atoms with Gasteiger partial charge in [-0.1, -0.05) is 57.2 Å². The van der Waals surface area contributed by atoms with E-state index in [4.69, 9.17) is 0 Å². The van der Waals surface area contributed by atoms with Gasteiger partial charge < -0.3 is 0 Å². The zero-order valence-corrected chi connectivity index (χ0v) is 9.16. The maximum absolute atomic E-state index is 2.24. The van der Waals surface area contributed by atoms with Crippen LogP contribution in [0.5, 0.6) is 0 Å². The summed E-state index contributed by atoms with van der Waals surface area (Å²) in [5.74, 6) is 0.674. The molecule has 0 saturated heterocycles. The highest BCUT2D eigenvalue weighted by atomic mass is 13.9. The highest BCUT2D eigenvalue weighted by Gasteiger charge is 1.80. The van der Waals surface area contributed by atoms with Crippen molar-refractivity contribution in [1.29, 1.82) is 0 Å². The fourth-order valence-electron chi connectivity index (χ4n) is 0.963. The molecule has 0 radical (unpaired) electrons. The summed E-state index contributed by atoms with van der Waals surface area (Å²) in [7, 11) is 0. The van der Waals surface area contributed by atoms with Gasteiger partial charge in [0, 0.05) is 0 Å². The molecule has 0 atom stereocenters. The summed E-state index contributed by atoms with van der Waals surface area (Å²) in [4.78, 5) is 0. The molecular formula is C13H22. The number of rotatable bonds is 6. The van der Waals surface area contributed by atoms with Crippen molar-refractivity contribution in [3.05, 3.63) is 36.5 Å². The van der Waals surface area contributed by atoms with Crippen molar-refractivity contribution in [3.8, 4) is 0 Å². The van der Waals surface area contributed by atoms with Crippen LogP contribution in [0.4, 0.5) is 0 Å². The predicted molar refractivity (Wildman–Crippen MR) is 61.8 cm³/mol. The molecule has 0 aromatic carbocycles. The van der Waals surface area contributed by atoms with Gasteiger partial charge in [-0.25, -0.2) is 0 Å². The van der Waals surface area contributed by atoms with E-state index in [0.717, 1.165) is 19.3 Å². The third-order valence-electron chi connectivity index (χ3n) is 1.63. The number of hydrogen-bond donors (Lipinski definition) is 0. The second-order valence-electron chi connectivity index (χ2n) is 3.49. The molecule has 0 fully saturated rings. The first-order valence-electron chi connectivity index (χ1n) is 5.24. The molecule has 74 valence electrons. The van der Waals surface area contributed by atoms with Crippen molar-refractivity contribution < 1.29 is 0 Å². The average Bonchev–Trinajstić information content (AvgIpc) is 2.09. The molecule has 0 aliphatic rings. The lowest BCUT2D eigenvalue weighted by Gasteiger charge is -1.90. The fourth-order valence-corrected chi connectivity index (χ4v) is 0.963. The second-order valence-corrected chi connectivity index (χ2v) is 3.49. The lowest BCUT2D eigenvalue weighted by molar-refractivity contribution is 0.828. The molecule has 0 spiro atoms. The van der Waals surface area contributed by atoms with Crippen LogP contribution in [0.2, 0.25) is 0 Å². The minimum absolute atomic E-state index is 0.674. The Hall–Kier alpha value is -0.780. The van der Waals surface area contributed by atoms with E-state index in [0.29, 0.717) is 5.92 Å². The SMILES string of the molecule is CC/C=C\C/C=C\C/C=C\C(C)C. The summed E-state index contributed by atoms with van der Waals surface area (Å²) >= 11 is 0. The maximum atomic E-state index is 2.24. The van der Waals surface area contributed by atoms with Gasteiger partial charge in [0.05, 0.1) is 0 Å². The Bertz CT molecular complexity index is 170. The van der Waals surface area contributed by atoms with Gasteiger partial charge in [-0.2, -0.15) is 0 Å². The maximum Gasteiger partial charge on any atom is -0.0169 e. The van der Waals surface area contributed by atoms with E-state index in [9.17, 15) is 0 Å². The number of hydrogen-bond acceptors (Lipinski definition) is 0.